The minimum atomic E-state index is 0.164. The molecule has 0 bridgehead atoms. The average Bonchev–Trinajstić information content (AvgIpc) is 3.81. The van der Waals surface area contributed by atoms with E-state index in [1.165, 1.54) is 94.1 Å². The summed E-state index contributed by atoms with van der Waals surface area (Å²) in [7, 11) is 0. The molecule has 0 fully saturated rings. The Labute approximate surface area is 299 Å². The van der Waals surface area contributed by atoms with E-state index >= 15 is 0 Å². The number of benzene rings is 7. The molecule has 0 radical (unpaired) electrons. The zero-order chi connectivity index (χ0) is 33.7. The fourth-order valence-electron chi connectivity index (χ4n) is 9.92. The largest absolute Gasteiger partial charge is 0.309 e. The Morgan fingerprint density at radius 2 is 1.19 bits per heavy atom. The van der Waals surface area contributed by atoms with Crippen LogP contribution in [0.4, 0.5) is 17.1 Å². The zero-order valence-electron chi connectivity index (χ0n) is 28.0. The average molecular weight is 661 g/mol. The van der Waals surface area contributed by atoms with Crippen LogP contribution >= 0.6 is 0 Å². The van der Waals surface area contributed by atoms with E-state index in [9.17, 15) is 0 Å². The van der Waals surface area contributed by atoms with Gasteiger partial charge in [0.1, 0.15) is 0 Å². The van der Waals surface area contributed by atoms with Crippen molar-refractivity contribution in [3.05, 3.63) is 181 Å². The summed E-state index contributed by atoms with van der Waals surface area (Å²) in [5.74, 6) is 0.164. The standard InChI is InChI=1S/C48H28N4/c1-3-11-28(12-4-1)42-34-23-22-33-32-16-9-19-40-46(32)52-47-36(45-43(44(34)48(33)52)35(42)25-26-49-45)17-10-20-41(47)51(40)30-21-24-39-37(27-30)31-15-7-8-18-38(31)50(39)29-13-5-2-6-14-29/h1-27,42H. The first-order valence-electron chi connectivity index (χ1n) is 18.0. The number of nitrogens with zero attached hydrogens (tertiary/aromatic N) is 4. The van der Waals surface area contributed by atoms with Gasteiger partial charge in [-0.05, 0) is 71.3 Å². The number of rotatable bonds is 3. The summed E-state index contributed by atoms with van der Waals surface area (Å²) in [5, 5.41) is 5.05. The van der Waals surface area contributed by atoms with E-state index in [0.717, 1.165) is 17.1 Å². The summed E-state index contributed by atoms with van der Waals surface area (Å²) in [6.07, 6.45) is 2.02. The predicted molar refractivity (Wildman–Crippen MR) is 213 cm³/mol. The molecule has 1 atom stereocenters. The fraction of sp³-hybridized carbons (Fsp3) is 0.0208. The Morgan fingerprint density at radius 1 is 0.462 bits per heavy atom. The molecular weight excluding hydrogens is 633 g/mol. The molecule has 2 aliphatic heterocycles. The maximum atomic E-state index is 5.20. The third-order valence-electron chi connectivity index (χ3n) is 11.9. The first kappa shape index (κ1) is 26.9. The van der Waals surface area contributed by atoms with Crippen LogP contribution in [-0.2, 0) is 0 Å². The van der Waals surface area contributed by atoms with E-state index in [2.05, 4.69) is 172 Å². The van der Waals surface area contributed by atoms with Gasteiger partial charge in [-0.3, -0.25) is 4.98 Å². The maximum absolute atomic E-state index is 5.20. The molecule has 3 aliphatic rings. The molecule has 52 heavy (non-hydrogen) atoms. The lowest BCUT2D eigenvalue weighted by Crippen LogP contribution is -2.18. The summed E-state index contributed by atoms with van der Waals surface area (Å²) in [6, 6.07) is 58.1. The predicted octanol–water partition coefficient (Wildman–Crippen LogP) is 12.2. The lowest BCUT2D eigenvalue weighted by molar-refractivity contribution is 1.01. The number of fused-ring (bicyclic) bond motifs is 5. The van der Waals surface area contributed by atoms with Gasteiger partial charge in [0, 0.05) is 61.7 Å². The monoisotopic (exact) mass is 660 g/mol. The Kier molecular flexibility index (Phi) is 4.89. The van der Waals surface area contributed by atoms with Crippen LogP contribution in [0.25, 0.3) is 77.4 Å². The molecule has 5 heterocycles. The lowest BCUT2D eigenvalue weighted by atomic mass is 9.89. The topological polar surface area (TPSA) is 26.0 Å². The molecule has 4 heteroatoms. The van der Waals surface area contributed by atoms with Crippen LogP contribution in [0, 0.1) is 0 Å². The van der Waals surface area contributed by atoms with Crippen molar-refractivity contribution in [3.63, 3.8) is 0 Å². The lowest BCUT2D eigenvalue weighted by Gasteiger charge is -2.34. The minimum absolute atomic E-state index is 0.164. The third-order valence-corrected chi connectivity index (χ3v) is 11.9. The molecule has 0 saturated heterocycles. The first-order chi connectivity index (χ1) is 25.8. The van der Waals surface area contributed by atoms with Crippen LogP contribution in [0.2, 0.25) is 0 Å². The molecular formula is C48H28N4. The Bertz CT molecular complexity index is 3190. The van der Waals surface area contributed by atoms with Crippen LogP contribution < -0.4 is 4.90 Å². The van der Waals surface area contributed by atoms with Crippen LogP contribution in [0.15, 0.2) is 164 Å². The van der Waals surface area contributed by atoms with Gasteiger partial charge in [0.25, 0.3) is 0 Å². The van der Waals surface area contributed by atoms with Gasteiger partial charge in [0.2, 0.25) is 0 Å². The van der Waals surface area contributed by atoms with Gasteiger partial charge in [-0.25, -0.2) is 0 Å². The number of para-hydroxylation sites is 4. The molecule has 13 rings (SSSR count). The quantitative estimate of drug-likeness (QED) is 0.188. The molecule has 7 aromatic carbocycles. The molecule has 240 valence electrons. The molecule has 1 aliphatic carbocycles. The molecule has 0 N–H and O–H groups in total. The van der Waals surface area contributed by atoms with Gasteiger partial charge in [-0.2, -0.15) is 0 Å². The third kappa shape index (κ3) is 3.13. The van der Waals surface area contributed by atoms with Crippen molar-refractivity contribution < 1.29 is 0 Å². The molecule has 0 saturated carbocycles. The molecule has 1 unspecified atom stereocenters. The van der Waals surface area contributed by atoms with Crippen molar-refractivity contribution in [1.82, 2.24) is 14.1 Å². The normalized spacial score (nSPS) is 14.7. The van der Waals surface area contributed by atoms with Gasteiger partial charge < -0.3 is 14.0 Å². The highest BCUT2D eigenvalue weighted by atomic mass is 15.2. The van der Waals surface area contributed by atoms with Crippen LogP contribution in [-0.4, -0.2) is 14.1 Å². The van der Waals surface area contributed by atoms with Gasteiger partial charge in [0.15, 0.2) is 0 Å². The molecule has 10 aromatic rings. The first-order valence-corrected chi connectivity index (χ1v) is 18.0. The summed E-state index contributed by atoms with van der Waals surface area (Å²) in [6.45, 7) is 0. The summed E-state index contributed by atoms with van der Waals surface area (Å²) in [5.41, 5.74) is 19.7. The SMILES string of the molecule is c1ccc(C2c3ccnc4c3-c3c2ccc2c5cccc6c5n(c32)-c2c-4cccc2N6c2ccc3c(c2)c2ccccc2n3-c2ccccc2)cc1. The Hall–Kier alpha value is -6.91. The van der Waals surface area contributed by atoms with E-state index in [-0.39, 0.29) is 5.92 Å². The second-order valence-electron chi connectivity index (χ2n) is 14.3. The molecule has 3 aromatic heterocycles. The maximum Gasteiger partial charge on any atom is 0.0806 e. The van der Waals surface area contributed by atoms with Crippen molar-refractivity contribution in [2.75, 3.05) is 4.90 Å². The highest BCUT2D eigenvalue weighted by Gasteiger charge is 2.41. The summed E-state index contributed by atoms with van der Waals surface area (Å²) < 4.78 is 4.97. The number of hydrogen-bond donors (Lipinski definition) is 0. The molecule has 4 nitrogen and oxygen atoms in total. The van der Waals surface area contributed by atoms with Gasteiger partial charge in [0.05, 0.1) is 44.8 Å². The van der Waals surface area contributed by atoms with Gasteiger partial charge in [-0.15, -0.1) is 0 Å². The summed E-state index contributed by atoms with van der Waals surface area (Å²) in [4.78, 5) is 7.69. The number of anilines is 3. The van der Waals surface area contributed by atoms with Crippen LogP contribution in [0.5, 0.6) is 0 Å². The highest BCUT2D eigenvalue weighted by Crippen LogP contribution is 2.61. The van der Waals surface area contributed by atoms with Crippen LogP contribution in [0.3, 0.4) is 0 Å². The zero-order valence-corrected chi connectivity index (χ0v) is 28.0. The number of aromatic nitrogens is 3. The van der Waals surface area contributed by atoms with E-state index in [0.29, 0.717) is 0 Å². The van der Waals surface area contributed by atoms with Gasteiger partial charge in [-0.1, -0.05) is 103 Å². The van der Waals surface area contributed by atoms with E-state index in [1.807, 2.05) is 6.20 Å². The van der Waals surface area contributed by atoms with Crippen LogP contribution in [0.1, 0.15) is 22.6 Å². The van der Waals surface area contributed by atoms with Crippen molar-refractivity contribution in [2.24, 2.45) is 0 Å². The van der Waals surface area contributed by atoms with Gasteiger partial charge >= 0.3 is 0 Å². The highest BCUT2D eigenvalue weighted by molar-refractivity contribution is 6.23. The van der Waals surface area contributed by atoms with E-state index in [1.54, 1.807) is 0 Å². The second kappa shape index (κ2) is 9.45. The Morgan fingerprint density at radius 3 is 2.10 bits per heavy atom. The number of pyridine rings is 1. The number of hydrogen-bond acceptors (Lipinski definition) is 2. The Balaban J connectivity index is 1.15. The molecule has 0 amide bonds. The van der Waals surface area contributed by atoms with Crippen molar-refractivity contribution in [3.8, 4) is 33.8 Å². The van der Waals surface area contributed by atoms with E-state index < -0.39 is 0 Å². The summed E-state index contributed by atoms with van der Waals surface area (Å²) >= 11 is 0. The van der Waals surface area contributed by atoms with Crippen molar-refractivity contribution >= 4 is 60.7 Å². The molecule has 0 spiro atoms. The van der Waals surface area contributed by atoms with E-state index in [4.69, 9.17) is 4.98 Å². The fourth-order valence-corrected chi connectivity index (χ4v) is 9.92. The van der Waals surface area contributed by atoms with Crippen molar-refractivity contribution in [1.29, 1.82) is 0 Å². The van der Waals surface area contributed by atoms with Crippen molar-refractivity contribution in [2.45, 2.75) is 5.92 Å². The smallest absolute Gasteiger partial charge is 0.0806 e. The minimum Gasteiger partial charge on any atom is -0.309 e. The second-order valence-corrected chi connectivity index (χ2v) is 14.3.